The molecule has 2 aromatic rings. The maximum Gasteiger partial charge on any atom is 0.345 e. The summed E-state index contributed by atoms with van der Waals surface area (Å²) in [7, 11) is 0. The molecule has 0 unspecified atom stereocenters. The third kappa shape index (κ3) is 1.78. The Balaban J connectivity index is 2.07. The van der Waals surface area contributed by atoms with Crippen LogP contribution in [-0.2, 0) is 4.74 Å². The van der Waals surface area contributed by atoms with Crippen molar-refractivity contribution in [2.45, 2.75) is 0 Å². The topological polar surface area (TPSA) is 39.2 Å². The molecule has 2 heterocycles. The molecule has 3 nitrogen and oxygen atoms in total. The van der Waals surface area contributed by atoms with Crippen LogP contribution in [0, 0.1) is 5.82 Å². The highest BCUT2D eigenvalue weighted by Gasteiger charge is 2.27. The normalized spacial score (nSPS) is 15.6. The van der Waals surface area contributed by atoms with E-state index < -0.39 is 5.97 Å². The van der Waals surface area contributed by atoms with Crippen LogP contribution in [0.2, 0.25) is 0 Å². The Morgan fingerprint density at radius 3 is 2.94 bits per heavy atom. The average Bonchev–Trinajstić information content (AvgIpc) is 2.67. The first-order valence-electron chi connectivity index (χ1n) is 5.39. The molecule has 1 aromatic heterocycles. The van der Waals surface area contributed by atoms with Crippen LogP contribution < -0.4 is 0 Å². The number of cyclic esters (lactones) is 1. The van der Waals surface area contributed by atoms with Crippen molar-refractivity contribution < 1.29 is 13.9 Å². The van der Waals surface area contributed by atoms with Crippen molar-refractivity contribution >= 4 is 17.8 Å². The highest BCUT2D eigenvalue weighted by Crippen LogP contribution is 2.29. The van der Waals surface area contributed by atoms with Crippen molar-refractivity contribution in [3.8, 4) is 0 Å². The minimum Gasteiger partial charge on any atom is -0.421 e. The van der Waals surface area contributed by atoms with Crippen molar-refractivity contribution in [2.75, 3.05) is 0 Å². The fraction of sp³-hybridized carbons (Fsp3) is 0. The van der Waals surface area contributed by atoms with Gasteiger partial charge in [-0.1, -0.05) is 12.1 Å². The zero-order valence-corrected chi connectivity index (χ0v) is 9.26. The van der Waals surface area contributed by atoms with E-state index in [-0.39, 0.29) is 5.82 Å². The first-order chi connectivity index (χ1) is 8.74. The van der Waals surface area contributed by atoms with Crippen molar-refractivity contribution in [1.82, 2.24) is 4.98 Å². The molecule has 0 fully saturated rings. The third-order valence-corrected chi connectivity index (χ3v) is 2.61. The molecule has 0 radical (unpaired) electrons. The van der Waals surface area contributed by atoms with E-state index in [1.807, 2.05) is 0 Å². The summed E-state index contributed by atoms with van der Waals surface area (Å²) in [6.45, 7) is 0. The van der Waals surface area contributed by atoms with E-state index >= 15 is 0 Å². The van der Waals surface area contributed by atoms with Crippen LogP contribution in [0.4, 0.5) is 4.39 Å². The third-order valence-electron chi connectivity index (χ3n) is 2.61. The molecule has 0 aliphatic carbocycles. The second-order valence-corrected chi connectivity index (χ2v) is 3.85. The van der Waals surface area contributed by atoms with Gasteiger partial charge >= 0.3 is 5.97 Å². The second kappa shape index (κ2) is 4.07. The molecule has 0 saturated heterocycles. The summed E-state index contributed by atoms with van der Waals surface area (Å²) in [5, 5.41) is 0. The molecule has 18 heavy (non-hydrogen) atoms. The SMILES string of the molecule is O=C1O/C(=C\c2cccc(F)c2)c2ncccc21. The molecule has 0 bridgehead atoms. The van der Waals surface area contributed by atoms with Gasteiger partial charge in [0.2, 0.25) is 0 Å². The monoisotopic (exact) mass is 241 g/mol. The lowest BCUT2D eigenvalue weighted by Gasteiger charge is -1.98. The molecule has 0 N–H and O–H groups in total. The Kier molecular flexibility index (Phi) is 2.41. The summed E-state index contributed by atoms with van der Waals surface area (Å²) in [5.41, 5.74) is 1.54. The average molecular weight is 241 g/mol. The molecule has 0 spiro atoms. The fourth-order valence-corrected chi connectivity index (χ4v) is 1.82. The van der Waals surface area contributed by atoms with E-state index in [0.717, 1.165) is 0 Å². The van der Waals surface area contributed by atoms with Gasteiger partial charge in [-0.05, 0) is 35.9 Å². The molecular formula is C14H8FNO2. The van der Waals surface area contributed by atoms with Crippen LogP contribution in [0.3, 0.4) is 0 Å². The van der Waals surface area contributed by atoms with Crippen LogP contribution in [0.25, 0.3) is 11.8 Å². The minimum atomic E-state index is -0.430. The molecule has 1 aliphatic heterocycles. The Bertz CT molecular complexity index is 664. The lowest BCUT2D eigenvalue weighted by atomic mass is 10.1. The number of aromatic nitrogens is 1. The number of hydrogen-bond acceptors (Lipinski definition) is 3. The van der Waals surface area contributed by atoms with Gasteiger partial charge in [0.05, 0.1) is 5.56 Å². The van der Waals surface area contributed by atoms with Gasteiger partial charge in [0.25, 0.3) is 0 Å². The number of carbonyl (C=O) groups excluding carboxylic acids is 1. The number of carbonyl (C=O) groups is 1. The molecule has 88 valence electrons. The van der Waals surface area contributed by atoms with Crippen LogP contribution >= 0.6 is 0 Å². The van der Waals surface area contributed by atoms with E-state index in [0.29, 0.717) is 22.6 Å². The molecular weight excluding hydrogens is 233 g/mol. The summed E-state index contributed by atoms with van der Waals surface area (Å²) in [5.74, 6) is -0.420. The summed E-state index contributed by atoms with van der Waals surface area (Å²) in [6, 6.07) is 9.36. The van der Waals surface area contributed by atoms with Gasteiger partial charge in [-0.3, -0.25) is 4.98 Å². The lowest BCUT2D eigenvalue weighted by Crippen LogP contribution is -1.92. The number of fused-ring (bicyclic) bond motifs is 1. The van der Waals surface area contributed by atoms with E-state index in [9.17, 15) is 9.18 Å². The van der Waals surface area contributed by atoms with E-state index in [1.165, 1.54) is 12.1 Å². The minimum absolute atomic E-state index is 0.338. The second-order valence-electron chi connectivity index (χ2n) is 3.85. The Hall–Kier alpha value is -2.49. The molecule has 0 atom stereocenters. The van der Waals surface area contributed by atoms with Crippen molar-refractivity contribution in [2.24, 2.45) is 0 Å². The summed E-state index contributed by atoms with van der Waals surface area (Å²) < 4.78 is 18.2. The predicted octanol–water partition coefficient (Wildman–Crippen LogP) is 2.89. The van der Waals surface area contributed by atoms with Crippen LogP contribution in [0.5, 0.6) is 0 Å². The number of benzene rings is 1. The highest BCUT2D eigenvalue weighted by atomic mass is 19.1. The molecule has 3 rings (SSSR count). The van der Waals surface area contributed by atoms with Gasteiger partial charge in [0, 0.05) is 6.20 Å². The van der Waals surface area contributed by atoms with Gasteiger partial charge in [-0.25, -0.2) is 9.18 Å². The number of rotatable bonds is 1. The van der Waals surface area contributed by atoms with Crippen LogP contribution in [0.15, 0.2) is 42.6 Å². The molecule has 0 saturated carbocycles. The van der Waals surface area contributed by atoms with Gasteiger partial charge in [-0.2, -0.15) is 0 Å². The van der Waals surface area contributed by atoms with E-state index in [2.05, 4.69) is 4.98 Å². The summed E-state index contributed by atoms with van der Waals surface area (Å²) in [4.78, 5) is 15.7. The Morgan fingerprint density at radius 1 is 1.22 bits per heavy atom. The number of nitrogens with zero attached hydrogens (tertiary/aromatic N) is 1. The Morgan fingerprint density at radius 2 is 2.11 bits per heavy atom. The lowest BCUT2D eigenvalue weighted by molar-refractivity contribution is 0.0717. The van der Waals surface area contributed by atoms with Crippen molar-refractivity contribution in [3.05, 3.63) is 65.2 Å². The number of halogens is 1. The first-order valence-corrected chi connectivity index (χ1v) is 5.39. The van der Waals surface area contributed by atoms with Crippen molar-refractivity contribution in [1.29, 1.82) is 0 Å². The number of pyridine rings is 1. The largest absolute Gasteiger partial charge is 0.421 e. The molecule has 1 aromatic carbocycles. The number of hydrogen-bond donors (Lipinski definition) is 0. The zero-order valence-electron chi connectivity index (χ0n) is 9.26. The molecule has 1 aliphatic rings. The van der Waals surface area contributed by atoms with Crippen LogP contribution in [0.1, 0.15) is 21.6 Å². The van der Waals surface area contributed by atoms with Gasteiger partial charge in [-0.15, -0.1) is 0 Å². The summed E-state index contributed by atoms with van der Waals surface area (Å²) in [6.07, 6.45) is 3.18. The fourth-order valence-electron chi connectivity index (χ4n) is 1.82. The van der Waals surface area contributed by atoms with E-state index in [1.54, 1.807) is 36.5 Å². The number of ether oxygens (including phenoxy) is 1. The smallest absolute Gasteiger partial charge is 0.345 e. The van der Waals surface area contributed by atoms with Gasteiger partial charge in [0.15, 0.2) is 5.76 Å². The Labute approximate surface area is 103 Å². The molecule has 0 amide bonds. The molecule has 4 heteroatoms. The summed E-state index contributed by atoms with van der Waals surface area (Å²) >= 11 is 0. The van der Waals surface area contributed by atoms with Gasteiger partial charge in [0.1, 0.15) is 11.5 Å². The quantitative estimate of drug-likeness (QED) is 0.720. The predicted molar refractivity (Wildman–Crippen MR) is 63.9 cm³/mol. The number of esters is 1. The maximum atomic E-state index is 13.1. The first kappa shape index (κ1) is 10.7. The zero-order chi connectivity index (χ0) is 12.5. The standard InChI is InChI=1S/C14H8FNO2/c15-10-4-1-3-9(7-10)8-12-13-11(14(17)18-12)5-2-6-16-13/h1-8H/b12-8-. The van der Waals surface area contributed by atoms with Crippen LogP contribution in [-0.4, -0.2) is 11.0 Å². The van der Waals surface area contributed by atoms with Crippen molar-refractivity contribution in [3.63, 3.8) is 0 Å². The van der Waals surface area contributed by atoms with E-state index in [4.69, 9.17) is 4.74 Å². The van der Waals surface area contributed by atoms with Gasteiger partial charge < -0.3 is 4.74 Å². The highest BCUT2D eigenvalue weighted by molar-refractivity contribution is 6.04. The maximum absolute atomic E-state index is 13.1.